The van der Waals surface area contributed by atoms with Crippen molar-refractivity contribution in [3.05, 3.63) is 29.6 Å². The van der Waals surface area contributed by atoms with E-state index in [0.717, 1.165) is 44.3 Å². The highest BCUT2D eigenvalue weighted by atomic mass is 32.2. The van der Waals surface area contributed by atoms with Gasteiger partial charge in [-0.05, 0) is 43.9 Å². The number of carbonyl (C=O) groups excluding carboxylic acids is 2. The van der Waals surface area contributed by atoms with Gasteiger partial charge in [0, 0.05) is 17.4 Å². The molecule has 176 valence electrons. The quantitative estimate of drug-likeness (QED) is 0.420. The molecule has 0 spiro atoms. The molecule has 1 aliphatic heterocycles. The summed E-state index contributed by atoms with van der Waals surface area (Å²) in [6.45, 7) is 1.000. The van der Waals surface area contributed by atoms with E-state index in [-0.39, 0.29) is 23.4 Å². The SMILES string of the molecule is O=C(CSc1nc(C2CCCCC2)nn1C(=O)C1CCCCC1)c1ccc2c(c1)OCCO2. The Hall–Kier alpha value is -2.35. The van der Waals surface area contributed by atoms with Gasteiger partial charge in [0.1, 0.15) is 13.2 Å². The van der Waals surface area contributed by atoms with Gasteiger partial charge in [-0.1, -0.05) is 50.3 Å². The van der Waals surface area contributed by atoms with Gasteiger partial charge in [0.2, 0.25) is 0 Å². The molecular weight excluding hydrogens is 438 g/mol. The minimum Gasteiger partial charge on any atom is -0.486 e. The molecule has 8 heteroatoms. The molecule has 3 aliphatic rings. The molecule has 2 aromatic rings. The first-order valence-corrected chi connectivity index (χ1v) is 13.2. The van der Waals surface area contributed by atoms with Gasteiger partial charge < -0.3 is 9.47 Å². The van der Waals surface area contributed by atoms with E-state index in [9.17, 15) is 9.59 Å². The summed E-state index contributed by atoms with van der Waals surface area (Å²) < 4.78 is 12.7. The summed E-state index contributed by atoms with van der Waals surface area (Å²) in [7, 11) is 0. The Morgan fingerprint density at radius 3 is 2.39 bits per heavy atom. The van der Waals surface area contributed by atoms with E-state index in [0.29, 0.717) is 41.4 Å². The fraction of sp³-hybridized carbons (Fsp3) is 0.600. The molecular formula is C25H31N3O4S. The maximum atomic E-state index is 13.3. The van der Waals surface area contributed by atoms with E-state index < -0.39 is 0 Å². The molecule has 7 nitrogen and oxygen atoms in total. The summed E-state index contributed by atoms with van der Waals surface area (Å²) in [5.41, 5.74) is 0.573. The van der Waals surface area contributed by atoms with Crippen LogP contribution in [0.5, 0.6) is 11.5 Å². The van der Waals surface area contributed by atoms with Crippen LogP contribution in [0.25, 0.3) is 0 Å². The number of benzene rings is 1. The van der Waals surface area contributed by atoms with Crippen LogP contribution in [-0.2, 0) is 0 Å². The number of Topliss-reactive ketones (excluding diaryl/α,β-unsaturated/α-hetero) is 1. The molecule has 2 heterocycles. The van der Waals surface area contributed by atoms with Crippen LogP contribution < -0.4 is 9.47 Å². The zero-order valence-electron chi connectivity index (χ0n) is 19.0. The highest BCUT2D eigenvalue weighted by Crippen LogP contribution is 2.34. The molecule has 0 N–H and O–H groups in total. The van der Waals surface area contributed by atoms with Gasteiger partial charge in [-0.25, -0.2) is 4.98 Å². The van der Waals surface area contributed by atoms with E-state index in [1.807, 2.05) is 0 Å². The summed E-state index contributed by atoms with van der Waals surface area (Å²) in [5, 5.41) is 5.26. The maximum Gasteiger partial charge on any atom is 0.252 e. The average molecular weight is 470 g/mol. The zero-order chi connectivity index (χ0) is 22.6. The van der Waals surface area contributed by atoms with Crippen LogP contribution in [0, 0.1) is 5.92 Å². The second-order valence-corrected chi connectivity index (χ2v) is 10.2. The van der Waals surface area contributed by atoms with Gasteiger partial charge >= 0.3 is 0 Å². The molecule has 2 aliphatic carbocycles. The minimum absolute atomic E-state index is 0.00695. The third-order valence-electron chi connectivity index (χ3n) is 6.92. The lowest BCUT2D eigenvalue weighted by Gasteiger charge is -2.20. The Morgan fingerprint density at radius 1 is 0.939 bits per heavy atom. The average Bonchev–Trinajstić information content (AvgIpc) is 3.32. The monoisotopic (exact) mass is 469 g/mol. The van der Waals surface area contributed by atoms with Crippen molar-refractivity contribution in [2.45, 2.75) is 75.3 Å². The molecule has 2 saturated carbocycles. The summed E-state index contributed by atoms with van der Waals surface area (Å²) in [6, 6.07) is 5.28. The van der Waals surface area contributed by atoms with Gasteiger partial charge in [-0.3, -0.25) is 9.59 Å². The van der Waals surface area contributed by atoms with Crippen molar-refractivity contribution >= 4 is 23.5 Å². The van der Waals surface area contributed by atoms with E-state index in [4.69, 9.17) is 19.6 Å². The number of aromatic nitrogens is 3. The first-order valence-electron chi connectivity index (χ1n) is 12.3. The fourth-order valence-corrected chi connectivity index (χ4v) is 5.87. The topological polar surface area (TPSA) is 83.3 Å². The predicted octanol–water partition coefficient (Wildman–Crippen LogP) is 5.29. The van der Waals surface area contributed by atoms with Crippen molar-refractivity contribution in [3.8, 4) is 11.5 Å². The summed E-state index contributed by atoms with van der Waals surface area (Å²) in [4.78, 5) is 31.0. The lowest BCUT2D eigenvalue weighted by atomic mass is 9.88. The number of hydrogen-bond donors (Lipinski definition) is 0. The molecule has 0 saturated heterocycles. The van der Waals surface area contributed by atoms with Crippen LogP contribution >= 0.6 is 11.8 Å². The van der Waals surface area contributed by atoms with E-state index in [1.165, 1.54) is 42.1 Å². The molecule has 0 atom stereocenters. The Kier molecular flexibility index (Phi) is 6.99. The number of rotatable bonds is 6. The number of carbonyl (C=O) groups is 2. The minimum atomic E-state index is -0.0316. The Morgan fingerprint density at radius 2 is 1.64 bits per heavy atom. The molecule has 0 amide bonds. The largest absolute Gasteiger partial charge is 0.486 e. The lowest BCUT2D eigenvalue weighted by Crippen LogP contribution is -2.26. The van der Waals surface area contributed by atoms with Crippen molar-refractivity contribution in [3.63, 3.8) is 0 Å². The third kappa shape index (κ3) is 5.10. The first kappa shape index (κ1) is 22.4. The van der Waals surface area contributed by atoms with Gasteiger partial charge in [-0.2, -0.15) is 4.68 Å². The highest BCUT2D eigenvalue weighted by Gasteiger charge is 2.29. The van der Waals surface area contributed by atoms with Crippen molar-refractivity contribution in [1.29, 1.82) is 0 Å². The zero-order valence-corrected chi connectivity index (χ0v) is 19.8. The number of hydrogen-bond acceptors (Lipinski definition) is 7. The second kappa shape index (κ2) is 10.3. The van der Waals surface area contributed by atoms with Gasteiger partial charge in [0.05, 0.1) is 5.75 Å². The van der Waals surface area contributed by atoms with Crippen LogP contribution in [0.3, 0.4) is 0 Å². The number of nitrogens with zero attached hydrogens (tertiary/aromatic N) is 3. The van der Waals surface area contributed by atoms with Gasteiger partial charge in [-0.15, -0.1) is 5.10 Å². The lowest BCUT2D eigenvalue weighted by molar-refractivity contribution is 0.0770. The molecule has 0 unspecified atom stereocenters. The Bertz CT molecular complexity index is 1010. The number of thioether (sulfide) groups is 1. The Balaban J connectivity index is 1.33. The van der Waals surface area contributed by atoms with Crippen LogP contribution in [0.4, 0.5) is 0 Å². The molecule has 33 heavy (non-hydrogen) atoms. The maximum absolute atomic E-state index is 13.3. The van der Waals surface area contributed by atoms with Crippen LogP contribution in [0.1, 0.15) is 91.1 Å². The molecule has 0 radical (unpaired) electrons. The predicted molar refractivity (Wildman–Crippen MR) is 126 cm³/mol. The summed E-state index contributed by atoms with van der Waals surface area (Å²) >= 11 is 1.31. The molecule has 1 aromatic heterocycles. The molecule has 0 bridgehead atoms. The van der Waals surface area contributed by atoms with Crippen molar-refractivity contribution in [2.24, 2.45) is 5.92 Å². The van der Waals surface area contributed by atoms with E-state index in [1.54, 1.807) is 18.2 Å². The highest BCUT2D eigenvalue weighted by molar-refractivity contribution is 7.99. The summed E-state index contributed by atoms with van der Waals surface area (Å²) in [6.07, 6.45) is 11.0. The second-order valence-electron chi connectivity index (χ2n) is 9.24. The number of ketones is 1. The smallest absolute Gasteiger partial charge is 0.252 e. The van der Waals surface area contributed by atoms with Crippen LogP contribution in [0.15, 0.2) is 23.4 Å². The normalized spacial score (nSPS) is 19.4. The number of fused-ring (bicyclic) bond motifs is 1. The van der Waals surface area contributed by atoms with Gasteiger partial charge in [0.25, 0.3) is 5.91 Å². The van der Waals surface area contributed by atoms with Crippen molar-refractivity contribution in [1.82, 2.24) is 14.8 Å². The van der Waals surface area contributed by atoms with Gasteiger partial charge in [0.15, 0.2) is 28.3 Å². The van der Waals surface area contributed by atoms with Crippen molar-refractivity contribution < 1.29 is 19.1 Å². The Labute approximate surface area is 198 Å². The van der Waals surface area contributed by atoms with Crippen LogP contribution in [-0.4, -0.2) is 45.4 Å². The molecule has 5 rings (SSSR count). The van der Waals surface area contributed by atoms with Crippen molar-refractivity contribution in [2.75, 3.05) is 19.0 Å². The van der Waals surface area contributed by atoms with E-state index in [2.05, 4.69) is 0 Å². The third-order valence-corrected chi connectivity index (χ3v) is 7.85. The molecule has 2 fully saturated rings. The number of ether oxygens (including phenoxy) is 2. The first-order chi connectivity index (χ1) is 16.2. The standard InChI is InChI=1S/C25H31N3O4S/c29-20(19-11-12-21-22(15-19)32-14-13-31-21)16-33-25-26-23(17-7-3-1-4-8-17)27-28(25)24(30)18-9-5-2-6-10-18/h11-12,15,17-18H,1-10,13-14,16H2. The molecule has 1 aromatic carbocycles. The summed E-state index contributed by atoms with van der Waals surface area (Å²) in [5.74, 6) is 2.56. The van der Waals surface area contributed by atoms with Crippen LogP contribution in [0.2, 0.25) is 0 Å². The fourth-order valence-electron chi connectivity index (χ4n) is 5.04. The van der Waals surface area contributed by atoms with E-state index >= 15 is 0 Å².